The molecular formula is C22H23N5O. The lowest BCUT2D eigenvalue weighted by molar-refractivity contribution is -0.116. The van der Waals surface area contributed by atoms with Crippen molar-refractivity contribution in [2.24, 2.45) is 0 Å². The number of benzene rings is 2. The van der Waals surface area contributed by atoms with Gasteiger partial charge in [0.15, 0.2) is 0 Å². The molecule has 0 saturated carbocycles. The molecule has 6 heteroatoms. The second-order valence-corrected chi connectivity index (χ2v) is 6.86. The van der Waals surface area contributed by atoms with Crippen molar-refractivity contribution in [2.75, 3.05) is 5.32 Å². The summed E-state index contributed by atoms with van der Waals surface area (Å²) in [7, 11) is 0. The highest BCUT2D eigenvalue weighted by molar-refractivity contribution is 5.93. The molecule has 0 spiro atoms. The van der Waals surface area contributed by atoms with Gasteiger partial charge in [-0.1, -0.05) is 31.2 Å². The summed E-state index contributed by atoms with van der Waals surface area (Å²) >= 11 is 0. The van der Waals surface area contributed by atoms with Crippen LogP contribution in [0.4, 0.5) is 5.69 Å². The van der Waals surface area contributed by atoms with E-state index >= 15 is 0 Å². The number of carbonyl (C=O) groups is 1. The molecule has 0 unspecified atom stereocenters. The molecule has 0 fully saturated rings. The summed E-state index contributed by atoms with van der Waals surface area (Å²) in [6, 6.07) is 17.6. The molecule has 0 aliphatic carbocycles. The molecule has 2 heterocycles. The maximum Gasteiger partial charge on any atom is 0.244 e. The molecule has 6 nitrogen and oxygen atoms in total. The van der Waals surface area contributed by atoms with E-state index in [0.717, 1.165) is 46.0 Å². The van der Waals surface area contributed by atoms with Crippen molar-refractivity contribution in [1.82, 2.24) is 19.3 Å². The smallest absolute Gasteiger partial charge is 0.244 e. The molecule has 0 saturated heterocycles. The van der Waals surface area contributed by atoms with Gasteiger partial charge in [0.25, 0.3) is 0 Å². The summed E-state index contributed by atoms with van der Waals surface area (Å²) in [6.45, 7) is 6.23. The van der Waals surface area contributed by atoms with Crippen molar-refractivity contribution in [3.8, 4) is 5.69 Å². The molecule has 0 aliphatic rings. The first kappa shape index (κ1) is 18.0. The first-order valence-corrected chi connectivity index (χ1v) is 9.43. The fourth-order valence-electron chi connectivity index (χ4n) is 3.54. The fraction of sp³-hybridized carbons (Fsp3) is 0.227. The van der Waals surface area contributed by atoms with Crippen LogP contribution in [0.15, 0.2) is 54.6 Å². The largest absolute Gasteiger partial charge is 0.323 e. The maximum atomic E-state index is 12.9. The fourth-order valence-corrected chi connectivity index (χ4v) is 3.54. The van der Waals surface area contributed by atoms with Crippen LogP contribution in [0.3, 0.4) is 0 Å². The van der Waals surface area contributed by atoms with Crippen molar-refractivity contribution in [3.63, 3.8) is 0 Å². The highest BCUT2D eigenvalue weighted by Gasteiger charge is 2.15. The Morgan fingerprint density at radius 1 is 1.07 bits per heavy atom. The summed E-state index contributed by atoms with van der Waals surface area (Å²) in [5, 5.41) is 7.59. The SMILES string of the molecule is CCc1nc2ccccc2n1CC(=O)Nc1ccccc1-n1nc(C)cc1C. The van der Waals surface area contributed by atoms with E-state index in [9.17, 15) is 4.79 Å². The van der Waals surface area contributed by atoms with Gasteiger partial charge in [0, 0.05) is 12.1 Å². The van der Waals surface area contributed by atoms with E-state index in [1.807, 2.05) is 84.6 Å². The predicted octanol–water partition coefficient (Wildman–Crippen LogP) is 4.04. The molecule has 0 radical (unpaired) electrons. The summed E-state index contributed by atoms with van der Waals surface area (Å²) in [5.74, 6) is 0.815. The molecule has 1 amide bonds. The monoisotopic (exact) mass is 373 g/mol. The number of nitrogens with one attached hydrogen (secondary N) is 1. The van der Waals surface area contributed by atoms with Gasteiger partial charge < -0.3 is 9.88 Å². The van der Waals surface area contributed by atoms with Gasteiger partial charge in [0.2, 0.25) is 5.91 Å². The molecule has 2 aromatic heterocycles. The van der Waals surface area contributed by atoms with Crippen molar-refractivity contribution >= 4 is 22.6 Å². The first-order valence-electron chi connectivity index (χ1n) is 9.43. The Balaban J connectivity index is 1.63. The van der Waals surface area contributed by atoms with E-state index in [-0.39, 0.29) is 12.5 Å². The molecule has 1 N–H and O–H groups in total. The number of aryl methyl sites for hydroxylation is 3. The van der Waals surface area contributed by atoms with Crippen LogP contribution in [0.25, 0.3) is 16.7 Å². The van der Waals surface area contributed by atoms with Gasteiger partial charge in [-0.2, -0.15) is 5.10 Å². The minimum atomic E-state index is -0.0909. The average molecular weight is 373 g/mol. The number of rotatable bonds is 5. The van der Waals surface area contributed by atoms with Crippen LogP contribution in [0.5, 0.6) is 0 Å². The molecule has 28 heavy (non-hydrogen) atoms. The average Bonchev–Trinajstić information content (AvgIpc) is 3.21. The van der Waals surface area contributed by atoms with E-state index in [0.29, 0.717) is 0 Å². The van der Waals surface area contributed by atoms with Gasteiger partial charge in [0.05, 0.1) is 28.1 Å². The van der Waals surface area contributed by atoms with Crippen molar-refractivity contribution in [1.29, 1.82) is 0 Å². The molecule has 0 bridgehead atoms. The number of para-hydroxylation sites is 4. The van der Waals surface area contributed by atoms with Gasteiger partial charge >= 0.3 is 0 Å². The zero-order valence-electron chi connectivity index (χ0n) is 16.3. The normalized spacial score (nSPS) is 11.1. The molecular weight excluding hydrogens is 350 g/mol. The Morgan fingerprint density at radius 2 is 1.82 bits per heavy atom. The lowest BCUT2D eigenvalue weighted by atomic mass is 10.2. The second kappa shape index (κ2) is 7.31. The Morgan fingerprint density at radius 3 is 2.57 bits per heavy atom. The maximum absolute atomic E-state index is 12.9. The van der Waals surface area contributed by atoms with Crippen LogP contribution < -0.4 is 5.32 Å². The topological polar surface area (TPSA) is 64.7 Å². The number of hydrogen-bond donors (Lipinski definition) is 1. The lowest BCUT2D eigenvalue weighted by Crippen LogP contribution is -2.21. The molecule has 0 aliphatic heterocycles. The van der Waals surface area contributed by atoms with E-state index in [4.69, 9.17) is 0 Å². The standard InChI is InChI=1S/C22H23N5O/c1-4-21-23-17-9-5-7-11-19(17)26(21)14-22(28)24-18-10-6-8-12-20(18)27-16(3)13-15(2)25-27/h5-13H,4,14H2,1-3H3,(H,24,28). The van der Waals surface area contributed by atoms with E-state index in [1.165, 1.54) is 0 Å². The number of carbonyl (C=O) groups excluding carboxylic acids is 1. The van der Waals surface area contributed by atoms with Gasteiger partial charge in [-0.05, 0) is 44.2 Å². The van der Waals surface area contributed by atoms with Crippen LogP contribution in [-0.2, 0) is 17.8 Å². The number of aromatic nitrogens is 4. The quantitative estimate of drug-likeness (QED) is 0.574. The van der Waals surface area contributed by atoms with Crippen LogP contribution in [-0.4, -0.2) is 25.2 Å². The Bertz CT molecular complexity index is 1150. The van der Waals surface area contributed by atoms with Crippen molar-refractivity contribution in [2.45, 2.75) is 33.7 Å². The zero-order chi connectivity index (χ0) is 19.7. The second-order valence-electron chi connectivity index (χ2n) is 6.86. The zero-order valence-corrected chi connectivity index (χ0v) is 16.3. The highest BCUT2D eigenvalue weighted by atomic mass is 16.2. The minimum Gasteiger partial charge on any atom is -0.323 e. The van der Waals surface area contributed by atoms with E-state index < -0.39 is 0 Å². The summed E-state index contributed by atoms with van der Waals surface area (Å²) < 4.78 is 3.84. The summed E-state index contributed by atoms with van der Waals surface area (Å²) in [6.07, 6.45) is 0.768. The van der Waals surface area contributed by atoms with Crippen LogP contribution in [0.1, 0.15) is 24.1 Å². The lowest BCUT2D eigenvalue weighted by Gasteiger charge is -2.13. The van der Waals surface area contributed by atoms with Crippen LogP contribution in [0.2, 0.25) is 0 Å². The number of fused-ring (bicyclic) bond motifs is 1. The third-order valence-electron chi connectivity index (χ3n) is 4.77. The number of anilines is 1. The van der Waals surface area contributed by atoms with Crippen molar-refractivity contribution in [3.05, 3.63) is 71.8 Å². The molecule has 0 atom stereocenters. The van der Waals surface area contributed by atoms with Gasteiger partial charge in [-0.3, -0.25) is 4.79 Å². The minimum absolute atomic E-state index is 0.0909. The first-order chi connectivity index (χ1) is 13.6. The molecule has 4 rings (SSSR count). The van der Waals surface area contributed by atoms with Gasteiger partial charge in [-0.15, -0.1) is 0 Å². The van der Waals surface area contributed by atoms with Crippen LogP contribution in [0, 0.1) is 13.8 Å². The van der Waals surface area contributed by atoms with Gasteiger partial charge in [0.1, 0.15) is 12.4 Å². The predicted molar refractivity (Wildman–Crippen MR) is 111 cm³/mol. The molecule has 2 aromatic carbocycles. The van der Waals surface area contributed by atoms with E-state index in [2.05, 4.69) is 15.4 Å². The Labute approximate surface area is 163 Å². The number of imidazole rings is 1. The highest BCUT2D eigenvalue weighted by Crippen LogP contribution is 2.22. The number of amides is 1. The summed E-state index contributed by atoms with van der Waals surface area (Å²) in [5.41, 5.74) is 5.44. The Hall–Kier alpha value is -3.41. The third kappa shape index (κ3) is 3.29. The molecule has 142 valence electrons. The van der Waals surface area contributed by atoms with Gasteiger partial charge in [-0.25, -0.2) is 9.67 Å². The van der Waals surface area contributed by atoms with Crippen molar-refractivity contribution < 1.29 is 4.79 Å². The van der Waals surface area contributed by atoms with E-state index in [1.54, 1.807) is 0 Å². The summed E-state index contributed by atoms with van der Waals surface area (Å²) in [4.78, 5) is 17.5. The Kier molecular flexibility index (Phi) is 4.69. The third-order valence-corrected chi connectivity index (χ3v) is 4.77. The number of hydrogen-bond acceptors (Lipinski definition) is 3. The number of nitrogens with zero attached hydrogens (tertiary/aromatic N) is 4. The molecule has 4 aromatic rings. The van der Waals surface area contributed by atoms with Crippen LogP contribution >= 0.6 is 0 Å².